The van der Waals surface area contributed by atoms with Gasteiger partial charge in [-0.25, -0.2) is 8.78 Å². The van der Waals surface area contributed by atoms with Gasteiger partial charge in [-0.2, -0.15) is 0 Å². The Morgan fingerprint density at radius 2 is 2.13 bits per heavy atom. The molecule has 15 heavy (non-hydrogen) atoms. The summed E-state index contributed by atoms with van der Waals surface area (Å²) in [6, 6.07) is 3.60. The quantitative estimate of drug-likeness (QED) is 0.807. The highest BCUT2D eigenvalue weighted by molar-refractivity contribution is 5.53. The molecule has 0 fully saturated rings. The van der Waals surface area contributed by atoms with E-state index in [1.54, 1.807) is 6.08 Å². The van der Waals surface area contributed by atoms with E-state index in [0.29, 0.717) is 12.1 Å². The van der Waals surface area contributed by atoms with Crippen molar-refractivity contribution < 1.29 is 8.78 Å². The van der Waals surface area contributed by atoms with Crippen molar-refractivity contribution in [2.45, 2.75) is 13.8 Å². The van der Waals surface area contributed by atoms with Crippen LogP contribution >= 0.6 is 0 Å². The fraction of sp³-hybridized carbons (Fsp3) is 0.333. The normalized spacial score (nSPS) is 11.9. The molecule has 1 rings (SSSR count). The van der Waals surface area contributed by atoms with Gasteiger partial charge in [-0.3, -0.25) is 0 Å². The van der Waals surface area contributed by atoms with E-state index in [9.17, 15) is 8.78 Å². The molecule has 82 valence electrons. The second kappa shape index (κ2) is 5.61. The van der Waals surface area contributed by atoms with Gasteiger partial charge in [0.05, 0.1) is 0 Å². The molecule has 0 atom stereocenters. The fourth-order valence-electron chi connectivity index (χ4n) is 1.26. The molecule has 1 aromatic carbocycles. The van der Waals surface area contributed by atoms with Gasteiger partial charge in [0.2, 0.25) is 0 Å². The zero-order valence-corrected chi connectivity index (χ0v) is 8.98. The Bertz CT molecular complexity index is 359. The molecule has 1 nitrogen and oxygen atoms in total. The Balaban J connectivity index is 2.78. The smallest absolute Gasteiger partial charge is 0.133 e. The van der Waals surface area contributed by atoms with Gasteiger partial charge in [0.1, 0.15) is 11.6 Å². The molecule has 3 heteroatoms. The first-order valence-corrected chi connectivity index (χ1v) is 4.96. The van der Waals surface area contributed by atoms with Gasteiger partial charge >= 0.3 is 0 Å². The summed E-state index contributed by atoms with van der Waals surface area (Å²) in [5.74, 6) is -1.07. The summed E-state index contributed by atoms with van der Waals surface area (Å²) in [6.07, 6.45) is 1.72. The van der Waals surface area contributed by atoms with Crippen LogP contribution in [0.5, 0.6) is 0 Å². The van der Waals surface area contributed by atoms with E-state index in [1.807, 2.05) is 13.8 Å². The Morgan fingerprint density at radius 3 is 2.73 bits per heavy atom. The molecule has 0 aromatic heterocycles. The summed E-state index contributed by atoms with van der Waals surface area (Å²) in [5, 5.41) is 3.13. The lowest BCUT2D eigenvalue weighted by Gasteiger charge is -2.03. The highest BCUT2D eigenvalue weighted by Crippen LogP contribution is 2.12. The largest absolute Gasteiger partial charge is 0.313 e. The average molecular weight is 211 g/mol. The van der Waals surface area contributed by atoms with Crippen molar-refractivity contribution in [1.82, 2.24) is 5.32 Å². The Labute approximate surface area is 88.8 Å². The SMILES string of the molecule is CCNCC(C)=Cc1ccc(F)cc1F. The maximum absolute atomic E-state index is 13.2. The molecule has 0 heterocycles. The third kappa shape index (κ3) is 3.80. The van der Waals surface area contributed by atoms with E-state index in [2.05, 4.69) is 5.32 Å². The summed E-state index contributed by atoms with van der Waals surface area (Å²) >= 11 is 0. The lowest BCUT2D eigenvalue weighted by atomic mass is 10.1. The van der Waals surface area contributed by atoms with Crippen LogP contribution in [-0.4, -0.2) is 13.1 Å². The van der Waals surface area contributed by atoms with Crippen LogP contribution in [0, 0.1) is 11.6 Å². The molecule has 0 bridgehead atoms. The van der Waals surface area contributed by atoms with Crippen LogP contribution in [0.3, 0.4) is 0 Å². The fourth-order valence-corrected chi connectivity index (χ4v) is 1.26. The summed E-state index contributed by atoms with van der Waals surface area (Å²) in [6.45, 7) is 5.50. The number of halogens is 2. The maximum Gasteiger partial charge on any atom is 0.133 e. The molecule has 1 aromatic rings. The third-order valence-corrected chi connectivity index (χ3v) is 2.02. The highest BCUT2D eigenvalue weighted by atomic mass is 19.1. The maximum atomic E-state index is 13.2. The zero-order valence-electron chi connectivity index (χ0n) is 8.98. The van der Waals surface area contributed by atoms with E-state index >= 15 is 0 Å². The first-order chi connectivity index (χ1) is 7.13. The second-order valence-corrected chi connectivity index (χ2v) is 3.44. The molecule has 0 aliphatic heterocycles. The zero-order chi connectivity index (χ0) is 11.3. The number of hydrogen-bond donors (Lipinski definition) is 1. The van der Waals surface area contributed by atoms with Crippen LogP contribution in [0.4, 0.5) is 8.78 Å². The molecule has 0 aliphatic rings. The van der Waals surface area contributed by atoms with Crippen molar-refractivity contribution >= 4 is 6.08 Å². The van der Waals surface area contributed by atoms with Crippen molar-refractivity contribution in [2.75, 3.05) is 13.1 Å². The van der Waals surface area contributed by atoms with Crippen molar-refractivity contribution in [3.63, 3.8) is 0 Å². The second-order valence-electron chi connectivity index (χ2n) is 3.44. The Hall–Kier alpha value is -1.22. The molecule has 0 unspecified atom stereocenters. The van der Waals surface area contributed by atoms with Gasteiger partial charge in [-0.1, -0.05) is 18.6 Å². The number of hydrogen-bond acceptors (Lipinski definition) is 1. The molecule has 0 aliphatic carbocycles. The highest BCUT2D eigenvalue weighted by Gasteiger charge is 2.01. The van der Waals surface area contributed by atoms with E-state index in [4.69, 9.17) is 0 Å². The van der Waals surface area contributed by atoms with Crippen LogP contribution in [0.25, 0.3) is 6.08 Å². The van der Waals surface area contributed by atoms with Crippen LogP contribution in [0.1, 0.15) is 19.4 Å². The standard InChI is InChI=1S/C12H15F2N/c1-3-15-8-9(2)6-10-4-5-11(13)7-12(10)14/h4-7,15H,3,8H2,1-2H3. The molecular weight excluding hydrogens is 196 g/mol. The number of likely N-dealkylation sites (N-methyl/N-ethyl adjacent to an activating group) is 1. The van der Waals surface area contributed by atoms with Crippen molar-refractivity contribution in [3.05, 3.63) is 41.0 Å². The third-order valence-electron chi connectivity index (χ3n) is 2.02. The summed E-state index contributed by atoms with van der Waals surface area (Å²) in [7, 11) is 0. The first kappa shape index (κ1) is 11.9. The summed E-state index contributed by atoms with van der Waals surface area (Å²) in [4.78, 5) is 0. The minimum atomic E-state index is -0.547. The van der Waals surface area contributed by atoms with E-state index in [0.717, 1.165) is 18.2 Å². The lowest BCUT2D eigenvalue weighted by Crippen LogP contribution is -2.14. The van der Waals surface area contributed by atoms with E-state index in [-0.39, 0.29) is 0 Å². The molecular formula is C12H15F2N. The Morgan fingerprint density at radius 1 is 1.40 bits per heavy atom. The predicted octanol–water partition coefficient (Wildman–Crippen LogP) is 2.98. The molecule has 0 saturated carbocycles. The summed E-state index contributed by atoms with van der Waals surface area (Å²) in [5.41, 5.74) is 1.44. The van der Waals surface area contributed by atoms with Crippen molar-refractivity contribution in [1.29, 1.82) is 0 Å². The predicted molar refractivity (Wildman–Crippen MR) is 58.6 cm³/mol. The topological polar surface area (TPSA) is 12.0 Å². The van der Waals surface area contributed by atoms with Gasteiger partial charge in [-0.15, -0.1) is 0 Å². The van der Waals surface area contributed by atoms with Gasteiger partial charge in [0, 0.05) is 18.2 Å². The number of nitrogens with one attached hydrogen (secondary N) is 1. The van der Waals surface area contributed by atoms with Crippen LogP contribution in [0.2, 0.25) is 0 Å². The van der Waals surface area contributed by atoms with E-state index < -0.39 is 11.6 Å². The first-order valence-electron chi connectivity index (χ1n) is 4.96. The minimum absolute atomic E-state index is 0.423. The monoisotopic (exact) mass is 211 g/mol. The molecule has 0 radical (unpaired) electrons. The number of rotatable bonds is 4. The Kier molecular flexibility index (Phi) is 4.43. The lowest BCUT2D eigenvalue weighted by molar-refractivity contribution is 0.581. The van der Waals surface area contributed by atoms with Crippen molar-refractivity contribution in [2.24, 2.45) is 0 Å². The average Bonchev–Trinajstić information content (AvgIpc) is 2.19. The van der Waals surface area contributed by atoms with Crippen molar-refractivity contribution in [3.8, 4) is 0 Å². The van der Waals surface area contributed by atoms with Gasteiger partial charge in [0.25, 0.3) is 0 Å². The van der Waals surface area contributed by atoms with Crippen LogP contribution < -0.4 is 5.32 Å². The molecule has 0 amide bonds. The van der Waals surface area contributed by atoms with E-state index in [1.165, 1.54) is 12.1 Å². The van der Waals surface area contributed by atoms with Gasteiger partial charge < -0.3 is 5.32 Å². The number of benzene rings is 1. The van der Waals surface area contributed by atoms with Gasteiger partial charge in [-0.05, 0) is 25.6 Å². The molecule has 0 saturated heterocycles. The molecule has 0 spiro atoms. The molecule has 1 N–H and O–H groups in total. The van der Waals surface area contributed by atoms with Gasteiger partial charge in [0.15, 0.2) is 0 Å². The van der Waals surface area contributed by atoms with Crippen LogP contribution in [0.15, 0.2) is 23.8 Å². The minimum Gasteiger partial charge on any atom is -0.313 e. The summed E-state index contributed by atoms with van der Waals surface area (Å²) < 4.78 is 25.8. The van der Waals surface area contributed by atoms with Crippen LogP contribution in [-0.2, 0) is 0 Å².